The molecule has 0 amide bonds. The molecule has 0 spiro atoms. The zero-order valence-electron chi connectivity index (χ0n) is 9.40. The van der Waals surface area contributed by atoms with E-state index >= 15 is 0 Å². The molecule has 0 bridgehead atoms. The van der Waals surface area contributed by atoms with Crippen molar-refractivity contribution in [1.82, 2.24) is 9.97 Å². The Labute approximate surface area is 116 Å². The number of hydrogen-bond donors (Lipinski definition) is 1. The summed E-state index contributed by atoms with van der Waals surface area (Å²) in [7, 11) is 0. The van der Waals surface area contributed by atoms with E-state index in [9.17, 15) is 4.79 Å². The molecule has 1 heterocycles. The molecular formula is C12H8BrN3OS. The van der Waals surface area contributed by atoms with Gasteiger partial charge < -0.3 is 4.98 Å². The number of nitrogens with one attached hydrogen (secondary N) is 1. The Morgan fingerprint density at radius 1 is 1.44 bits per heavy atom. The van der Waals surface area contributed by atoms with E-state index < -0.39 is 0 Å². The van der Waals surface area contributed by atoms with Crippen LogP contribution in [-0.4, -0.2) is 9.97 Å². The third kappa shape index (κ3) is 3.00. The minimum atomic E-state index is -0.172. The van der Waals surface area contributed by atoms with Crippen LogP contribution in [-0.2, 0) is 0 Å². The lowest BCUT2D eigenvalue weighted by Crippen LogP contribution is -2.07. The number of H-pyrrole nitrogens is 1. The Balaban J connectivity index is 2.34. The highest BCUT2D eigenvalue weighted by molar-refractivity contribution is 9.10. The van der Waals surface area contributed by atoms with Crippen LogP contribution in [0.5, 0.6) is 0 Å². The molecule has 1 aromatic carbocycles. The van der Waals surface area contributed by atoms with Crippen molar-refractivity contribution in [2.45, 2.75) is 17.0 Å². The first-order valence-corrected chi connectivity index (χ1v) is 6.65. The summed E-state index contributed by atoms with van der Waals surface area (Å²) in [4.78, 5) is 19.1. The predicted octanol–water partition coefficient (Wildman–Crippen LogP) is 2.86. The summed E-state index contributed by atoms with van der Waals surface area (Å²) in [6, 6.07) is 8.78. The summed E-state index contributed by atoms with van der Waals surface area (Å²) in [6.07, 6.45) is 0. The minimum Gasteiger partial charge on any atom is -0.301 e. The van der Waals surface area contributed by atoms with Crippen molar-refractivity contribution in [2.75, 3.05) is 0 Å². The smallest absolute Gasteiger partial charge is 0.251 e. The fourth-order valence-corrected chi connectivity index (χ4v) is 2.82. The first-order chi connectivity index (χ1) is 8.58. The van der Waals surface area contributed by atoms with Crippen molar-refractivity contribution in [3.8, 4) is 6.07 Å². The third-order valence-electron chi connectivity index (χ3n) is 2.12. The van der Waals surface area contributed by atoms with Gasteiger partial charge in [0.25, 0.3) is 5.56 Å². The van der Waals surface area contributed by atoms with Gasteiger partial charge in [-0.15, -0.1) is 0 Å². The van der Waals surface area contributed by atoms with Gasteiger partial charge in [-0.25, -0.2) is 4.98 Å². The number of benzene rings is 1. The van der Waals surface area contributed by atoms with Gasteiger partial charge in [0.05, 0.1) is 11.6 Å². The predicted molar refractivity (Wildman–Crippen MR) is 72.6 cm³/mol. The van der Waals surface area contributed by atoms with Crippen molar-refractivity contribution in [3.05, 3.63) is 50.3 Å². The van der Waals surface area contributed by atoms with Crippen molar-refractivity contribution < 1.29 is 0 Å². The van der Waals surface area contributed by atoms with Crippen LogP contribution in [0.4, 0.5) is 0 Å². The number of nitriles is 1. The normalized spacial score (nSPS) is 10.1. The lowest BCUT2D eigenvalue weighted by atomic mass is 10.2. The fourth-order valence-electron chi connectivity index (χ4n) is 1.36. The molecule has 0 unspecified atom stereocenters. The van der Waals surface area contributed by atoms with E-state index in [1.165, 1.54) is 17.8 Å². The summed E-state index contributed by atoms with van der Waals surface area (Å²) < 4.78 is 0.802. The van der Waals surface area contributed by atoms with Gasteiger partial charge in [0, 0.05) is 21.1 Å². The molecule has 0 saturated carbocycles. The molecule has 0 radical (unpaired) electrons. The van der Waals surface area contributed by atoms with Crippen LogP contribution in [0.15, 0.2) is 43.6 Å². The van der Waals surface area contributed by atoms with E-state index in [1.807, 2.05) is 6.07 Å². The van der Waals surface area contributed by atoms with Crippen LogP contribution in [0.3, 0.4) is 0 Å². The van der Waals surface area contributed by atoms with E-state index in [0.717, 1.165) is 9.37 Å². The summed E-state index contributed by atoms with van der Waals surface area (Å²) in [5.41, 5.74) is 1.08. The van der Waals surface area contributed by atoms with Crippen LogP contribution in [0.2, 0.25) is 0 Å². The third-order valence-corrected chi connectivity index (χ3v) is 4.00. The molecular weight excluding hydrogens is 314 g/mol. The first kappa shape index (κ1) is 12.9. The molecule has 0 aliphatic carbocycles. The zero-order valence-corrected chi connectivity index (χ0v) is 11.8. The summed E-state index contributed by atoms with van der Waals surface area (Å²) in [6.45, 7) is 1.77. The topological polar surface area (TPSA) is 69.5 Å². The number of aryl methyl sites for hydroxylation is 1. The second-order valence-electron chi connectivity index (χ2n) is 3.55. The lowest BCUT2D eigenvalue weighted by molar-refractivity contribution is 0.905. The Morgan fingerprint density at radius 3 is 2.83 bits per heavy atom. The van der Waals surface area contributed by atoms with E-state index in [4.69, 9.17) is 5.26 Å². The summed E-state index contributed by atoms with van der Waals surface area (Å²) in [5.74, 6) is 0. The highest BCUT2D eigenvalue weighted by atomic mass is 79.9. The molecule has 4 nitrogen and oxygen atoms in total. The van der Waals surface area contributed by atoms with Gasteiger partial charge >= 0.3 is 0 Å². The minimum absolute atomic E-state index is 0.172. The van der Waals surface area contributed by atoms with Crippen LogP contribution in [0.25, 0.3) is 0 Å². The monoisotopic (exact) mass is 321 g/mol. The van der Waals surface area contributed by atoms with Gasteiger partial charge in [0.15, 0.2) is 5.16 Å². The van der Waals surface area contributed by atoms with E-state index in [1.54, 1.807) is 19.1 Å². The van der Waals surface area contributed by atoms with E-state index in [0.29, 0.717) is 16.4 Å². The number of rotatable bonds is 2. The second-order valence-corrected chi connectivity index (χ2v) is 5.44. The molecule has 6 heteroatoms. The molecule has 1 N–H and O–H groups in total. The maximum Gasteiger partial charge on any atom is 0.251 e. The van der Waals surface area contributed by atoms with Crippen molar-refractivity contribution in [3.63, 3.8) is 0 Å². The van der Waals surface area contributed by atoms with Crippen molar-refractivity contribution in [2.24, 2.45) is 0 Å². The lowest BCUT2D eigenvalue weighted by Gasteiger charge is -2.04. The largest absolute Gasteiger partial charge is 0.301 e. The summed E-state index contributed by atoms with van der Waals surface area (Å²) in [5, 5.41) is 9.31. The van der Waals surface area contributed by atoms with Gasteiger partial charge in [-0.05, 0) is 41.1 Å². The number of halogens is 1. The molecule has 90 valence electrons. The Kier molecular flexibility index (Phi) is 3.84. The molecule has 0 aliphatic rings. The highest BCUT2D eigenvalue weighted by Crippen LogP contribution is 2.31. The molecule has 2 aromatic rings. The summed E-state index contributed by atoms with van der Waals surface area (Å²) >= 11 is 4.73. The average Bonchev–Trinajstić information content (AvgIpc) is 2.30. The van der Waals surface area contributed by atoms with Crippen LogP contribution < -0.4 is 5.56 Å². The fraction of sp³-hybridized carbons (Fsp3) is 0.0833. The standard InChI is InChI=1S/C12H8BrN3OS/c1-7-4-11(17)16-12(15-7)18-10-3-2-8(6-14)5-9(10)13/h2-5H,1H3,(H,15,16,17). The van der Waals surface area contributed by atoms with E-state index in [2.05, 4.69) is 32.0 Å². The van der Waals surface area contributed by atoms with Gasteiger partial charge in [-0.2, -0.15) is 5.26 Å². The quantitative estimate of drug-likeness (QED) is 0.863. The number of nitrogens with zero attached hydrogens (tertiary/aromatic N) is 2. The number of aromatic amines is 1. The first-order valence-electron chi connectivity index (χ1n) is 5.04. The molecule has 0 saturated heterocycles. The SMILES string of the molecule is Cc1cc(=O)[nH]c(Sc2ccc(C#N)cc2Br)n1. The average molecular weight is 322 g/mol. The van der Waals surface area contributed by atoms with Gasteiger partial charge in [-0.1, -0.05) is 11.8 Å². The van der Waals surface area contributed by atoms with Crippen LogP contribution in [0.1, 0.15) is 11.3 Å². The molecule has 1 aromatic heterocycles. The van der Waals surface area contributed by atoms with Crippen LogP contribution >= 0.6 is 27.7 Å². The Morgan fingerprint density at radius 2 is 2.22 bits per heavy atom. The van der Waals surface area contributed by atoms with Gasteiger partial charge in [0.2, 0.25) is 0 Å². The van der Waals surface area contributed by atoms with Gasteiger partial charge in [-0.3, -0.25) is 4.79 Å². The maximum absolute atomic E-state index is 11.3. The molecule has 0 fully saturated rings. The zero-order chi connectivity index (χ0) is 13.1. The second kappa shape index (κ2) is 5.38. The van der Waals surface area contributed by atoms with E-state index in [-0.39, 0.29) is 5.56 Å². The maximum atomic E-state index is 11.3. The highest BCUT2D eigenvalue weighted by Gasteiger charge is 2.06. The molecule has 0 aliphatic heterocycles. The van der Waals surface area contributed by atoms with Crippen LogP contribution in [0, 0.1) is 18.3 Å². The molecule has 2 rings (SSSR count). The Bertz CT molecular complexity index is 690. The number of aromatic nitrogens is 2. The van der Waals surface area contributed by atoms with Gasteiger partial charge in [0.1, 0.15) is 0 Å². The number of hydrogen-bond acceptors (Lipinski definition) is 4. The Hall–Kier alpha value is -1.58. The van der Waals surface area contributed by atoms with Crippen molar-refractivity contribution in [1.29, 1.82) is 5.26 Å². The molecule has 0 atom stereocenters. The molecule has 18 heavy (non-hydrogen) atoms. The van der Waals surface area contributed by atoms with Crippen molar-refractivity contribution >= 4 is 27.7 Å².